The average molecular weight is 128 g/mol. The summed E-state index contributed by atoms with van der Waals surface area (Å²) in [6.07, 6.45) is 3.57. The number of rotatable bonds is 1. The highest BCUT2D eigenvalue weighted by molar-refractivity contribution is 4.72. The molecule has 0 aromatic rings. The van der Waals surface area contributed by atoms with E-state index < -0.39 is 0 Å². The largest absolute Gasteiger partial charge is 0.375 e. The van der Waals surface area contributed by atoms with Crippen LogP contribution >= 0.6 is 0 Å². The monoisotopic (exact) mass is 128 g/mol. The molecular formula is C8H16O. The first kappa shape index (κ1) is 7.07. The summed E-state index contributed by atoms with van der Waals surface area (Å²) in [4.78, 5) is 0. The summed E-state index contributed by atoms with van der Waals surface area (Å²) in [5, 5.41) is 0. The number of hydrogen-bond acceptors (Lipinski definition) is 1. The maximum atomic E-state index is 5.62. The minimum Gasteiger partial charge on any atom is -0.375 e. The summed E-state index contributed by atoms with van der Waals surface area (Å²) in [6.45, 7) is 6.60. The first-order chi connectivity index (χ1) is 4.20. The van der Waals surface area contributed by atoms with Crippen molar-refractivity contribution in [2.24, 2.45) is 5.92 Å². The Bertz CT molecular complexity index is 88.6. The van der Waals surface area contributed by atoms with Crippen molar-refractivity contribution in [1.29, 1.82) is 0 Å². The second-order valence-corrected chi connectivity index (χ2v) is 3.31. The Morgan fingerprint density at radius 3 is 2.22 bits per heavy atom. The summed E-state index contributed by atoms with van der Waals surface area (Å²) in [5.74, 6) is 0.704. The fraction of sp³-hybridized carbons (Fsp3) is 1.00. The van der Waals surface area contributed by atoms with E-state index in [4.69, 9.17) is 4.74 Å². The smallest absolute Gasteiger partial charge is 0.0602 e. The van der Waals surface area contributed by atoms with Gasteiger partial charge in [-0.15, -0.1) is 0 Å². The first-order valence-electron chi connectivity index (χ1n) is 3.85. The van der Waals surface area contributed by atoms with E-state index in [0.29, 0.717) is 18.1 Å². The Kier molecular flexibility index (Phi) is 2.12. The van der Waals surface area contributed by atoms with Crippen LogP contribution in [0.4, 0.5) is 0 Å². The summed E-state index contributed by atoms with van der Waals surface area (Å²) >= 11 is 0. The highest BCUT2D eigenvalue weighted by atomic mass is 16.5. The number of ether oxygens (including phenoxy) is 1. The van der Waals surface area contributed by atoms with E-state index in [9.17, 15) is 0 Å². The van der Waals surface area contributed by atoms with Crippen molar-refractivity contribution in [1.82, 2.24) is 0 Å². The van der Waals surface area contributed by atoms with E-state index >= 15 is 0 Å². The lowest BCUT2D eigenvalue weighted by molar-refractivity contribution is 0.0288. The molecule has 1 heterocycles. The van der Waals surface area contributed by atoms with E-state index in [-0.39, 0.29) is 0 Å². The number of hydrogen-bond donors (Lipinski definition) is 0. The van der Waals surface area contributed by atoms with Crippen molar-refractivity contribution in [3.05, 3.63) is 0 Å². The highest BCUT2D eigenvalue weighted by Gasteiger charge is 2.23. The van der Waals surface area contributed by atoms with Gasteiger partial charge in [0.2, 0.25) is 0 Å². The molecule has 0 radical (unpaired) electrons. The van der Waals surface area contributed by atoms with Crippen LogP contribution in [0, 0.1) is 5.92 Å². The van der Waals surface area contributed by atoms with Gasteiger partial charge < -0.3 is 4.74 Å². The lowest BCUT2D eigenvalue weighted by Crippen LogP contribution is -2.14. The van der Waals surface area contributed by atoms with Crippen LogP contribution in [-0.2, 0) is 4.74 Å². The normalized spacial score (nSPS) is 36.0. The van der Waals surface area contributed by atoms with Crippen LogP contribution in [0.5, 0.6) is 0 Å². The third-order valence-electron chi connectivity index (χ3n) is 2.01. The van der Waals surface area contributed by atoms with E-state index in [1.165, 1.54) is 12.8 Å². The minimum absolute atomic E-state index is 0.511. The Morgan fingerprint density at radius 2 is 2.00 bits per heavy atom. The lowest BCUT2D eigenvalue weighted by atomic mass is 10.0. The van der Waals surface area contributed by atoms with Crippen molar-refractivity contribution in [2.45, 2.75) is 45.8 Å². The van der Waals surface area contributed by atoms with Gasteiger partial charge in [0.05, 0.1) is 12.2 Å². The molecule has 54 valence electrons. The fourth-order valence-electron chi connectivity index (χ4n) is 1.32. The Hall–Kier alpha value is -0.0400. The Morgan fingerprint density at radius 1 is 1.33 bits per heavy atom. The van der Waals surface area contributed by atoms with Gasteiger partial charge in [0.15, 0.2) is 0 Å². The predicted octanol–water partition coefficient (Wildman–Crippen LogP) is 2.21. The van der Waals surface area contributed by atoms with Crippen LogP contribution < -0.4 is 0 Å². The zero-order valence-electron chi connectivity index (χ0n) is 6.55. The Balaban J connectivity index is 2.30. The predicted molar refractivity (Wildman–Crippen MR) is 38.4 cm³/mol. The quantitative estimate of drug-likeness (QED) is 0.526. The molecule has 1 heteroatoms. The maximum absolute atomic E-state index is 5.62. The van der Waals surface area contributed by atoms with Crippen LogP contribution in [0.15, 0.2) is 0 Å². The van der Waals surface area contributed by atoms with Gasteiger partial charge in [-0.25, -0.2) is 0 Å². The Labute approximate surface area is 57.4 Å². The second kappa shape index (κ2) is 2.70. The van der Waals surface area contributed by atoms with Crippen molar-refractivity contribution in [2.75, 3.05) is 0 Å². The second-order valence-electron chi connectivity index (χ2n) is 3.31. The molecule has 0 amide bonds. The molecule has 0 aromatic heterocycles. The van der Waals surface area contributed by atoms with Crippen molar-refractivity contribution in [3.8, 4) is 0 Å². The molecule has 0 bridgehead atoms. The minimum atomic E-state index is 0.511. The van der Waals surface area contributed by atoms with E-state index in [1.54, 1.807) is 0 Å². The molecule has 1 aliphatic rings. The third-order valence-corrected chi connectivity index (χ3v) is 2.01. The molecule has 0 aliphatic carbocycles. The first-order valence-corrected chi connectivity index (χ1v) is 3.85. The van der Waals surface area contributed by atoms with Gasteiger partial charge in [-0.1, -0.05) is 13.8 Å². The topological polar surface area (TPSA) is 9.23 Å². The summed E-state index contributed by atoms with van der Waals surface area (Å²) < 4.78 is 5.62. The average Bonchev–Trinajstić information content (AvgIpc) is 2.14. The van der Waals surface area contributed by atoms with Gasteiger partial charge in [0, 0.05) is 0 Å². The van der Waals surface area contributed by atoms with E-state index in [2.05, 4.69) is 20.8 Å². The highest BCUT2D eigenvalue weighted by Crippen LogP contribution is 2.24. The fourth-order valence-corrected chi connectivity index (χ4v) is 1.32. The SMILES string of the molecule is CC(C)C1CC[C@@H](C)O1. The van der Waals surface area contributed by atoms with Crippen molar-refractivity contribution < 1.29 is 4.74 Å². The molecule has 1 fully saturated rings. The van der Waals surface area contributed by atoms with Gasteiger partial charge in [-0.3, -0.25) is 0 Å². The summed E-state index contributed by atoms with van der Waals surface area (Å²) in [6, 6.07) is 0. The van der Waals surface area contributed by atoms with Crippen LogP contribution in [0.2, 0.25) is 0 Å². The van der Waals surface area contributed by atoms with Crippen LogP contribution in [0.1, 0.15) is 33.6 Å². The molecule has 0 N–H and O–H groups in total. The molecule has 1 nitrogen and oxygen atoms in total. The van der Waals surface area contributed by atoms with Crippen LogP contribution in [-0.4, -0.2) is 12.2 Å². The van der Waals surface area contributed by atoms with Gasteiger partial charge in [-0.2, -0.15) is 0 Å². The van der Waals surface area contributed by atoms with Crippen LogP contribution in [0.3, 0.4) is 0 Å². The molecule has 0 saturated carbocycles. The summed E-state index contributed by atoms with van der Waals surface area (Å²) in [5.41, 5.74) is 0. The molecule has 1 rings (SSSR count). The molecule has 2 atom stereocenters. The molecular weight excluding hydrogens is 112 g/mol. The summed E-state index contributed by atoms with van der Waals surface area (Å²) in [7, 11) is 0. The molecule has 0 aromatic carbocycles. The lowest BCUT2D eigenvalue weighted by Gasteiger charge is -2.13. The third kappa shape index (κ3) is 1.68. The molecule has 1 aliphatic heterocycles. The van der Waals surface area contributed by atoms with Crippen molar-refractivity contribution in [3.63, 3.8) is 0 Å². The molecule has 0 spiro atoms. The van der Waals surface area contributed by atoms with E-state index in [1.807, 2.05) is 0 Å². The molecule has 1 unspecified atom stereocenters. The van der Waals surface area contributed by atoms with Gasteiger partial charge in [0.25, 0.3) is 0 Å². The van der Waals surface area contributed by atoms with Gasteiger partial charge >= 0.3 is 0 Å². The van der Waals surface area contributed by atoms with Crippen molar-refractivity contribution >= 4 is 0 Å². The molecule has 1 saturated heterocycles. The van der Waals surface area contributed by atoms with Gasteiger partial charge in [-0.05, 0) is 25.7 Å². The zero-order valence-corrected chi connectivity index (χ0v) is 6.55. The zero-order chi connectivity index (χ0) is 6.85. The van der Waals surface area contributed by atoms with Gasteiger partial charge in [0.1, 0.15) is 0 Å². The van der Waals surface area contributed by atoms with Crippen LogP contribution in [0.25, 0.3) is 0 Å². The van der Waals surface area contributed by atoms with E-state index in [0.717, 1.165) is 0 Å². The maximum Gasteiger partial charge on any atom is 0.0602 e. The molecule has 9 heavy (non-hydrogen) atoms. The standard InChI is InChI=1S/C8H16O/c1-6(2)8-5-4-7(3)9-8/h6-8H,4-5H2,1-3H3/t7-,8?/m1/s1.